The maximum absolute atomic E-state index is 11.8. The fourth-order valence-corrected chi connectivity index (χ4v) is 2.43. The molecule has 122 valence electrons. The van der Waals surface area contributed by atoms with E-state index in [0.29, 0.717) is 18.7 Å². The van der Waals surface area contributed by atoms with E-state index < -0.39 is 0 Å². The van der Waals surface area contributed by atoms with Gasteiger partial charge in [-0.15, -0.1) is 11.8 Å². The number of esters is 1. The van der Waals surface area contributed by atoms with Crippen molar-refractivity contribution in [2.75, 3.05) is 12.4 Å². The first kappa shape index (κ1) is 18.5. The molecule has 0 saturated carbocycles. The van der Waals surface area contributed by atoms with Gasteiger partial charge in [-0.05, 0) is 38.0 Å². The minimum absolute atomic E-state index is 0.186. The lowest BCUT2D eigenvalue weighted by molar-refractivity contribution is -0.139. The van der Waals surface area contributed by atoms with E-state index in [0.717, 1.165) is 36.5 Å². The number of hydrogen-bond acceptors (Lipinski definition) is 5. The Morgan fingerprint density at radius 2 is 2.09 bits per heavy atom. The number of hydrogen-bond donors (Lipinski definition) is 0. The molecular formula is C16H24N2O3S. The molecule has 0 aliphatic heterocycles. The van der Waals surface area contributed by atoms with Gasteiger partial charge >= 0.3 is 11.7 Å². The Labute approximate surface area is 135 Å². The van der Waals surface area contributed by atoms with Gasteiger partial charge in [0.05, 0.1) is 6.61 Å². The molecule has 0 aliphatic rings. The van der Waals surface area contributed by atoms with Crippen LogP contribution in [0.1, 0.15) is 39.5 Å². The molecule has 1 aromatic rings. The molecule has 0 saturated heterocycles. The lowest BCUT2D eigenvalue weighted by atomic mass is 10.2. The smallest absolute Gasteiger partial charge is 0.348 e. The van der Waals surface area contributed by atoms with Crippen LogP contribution < -0.4 is 5.69 Å². The Morgan fingerprint density at radius 1 is 1.36 bits per heavy atom. The monoisotopic (exact) mass is 324 g/mol. The fourth-order valence-electron chi connectivity index (χ4n) is 1.84. The second-order valence-corrected chi connectivity index (χ2v) is 6.29. The lowest BCUT2D eigenvalue weighted by Gasteiger charge is -2.06. The maximum atomic E-state index is 11.8. The van der Waals surface area contributed by atoms with Gasteiger partial charge in [-0.1, -0.05) is 19.9 Å². The zero-order valence-corrected chi connectivity index (χ0v) is 14.2. The molecule has 0 aliphatic carbocycles. The van der Waals surface area contributed by atoms with Gasteiger partial charge in [-0.2, -0.15) is 4.98 Å². The van der Waals surface area contributed by atoms with Gasteiger partial charge in [-0.3, -0.25) is 4.57 Å². The van der Waals surface area contributed by atoms with Crippen LogP contribution in [0.4, 0.5) is 0 Å². The van der Waals surface area contributed by atoms with E-state index in [4.69, 9.17) is 4.74 Å². The molecule has 0 unspecified atom stereocenters. The molecule has 0 spiro atoms. The SMILES string of the molecule is C=C(C)C(=O)OCCCCCCn1ccc(SCC)nc1=O. The first-order chi connectivity index (χ1) is 10.5. The summed E-state index contributed by atoms with van der Waals surface area (Å²) in [5.41, 5.74) is 0.241. The molecule has 0 fully saturated rings. The van der Waals surface area contributed by atoms with Gasteiger partial charge < -0.3 is 4.74 Å². The predicted molar refractivity (Wildman–Crippen MR) is 89.1 cm³/mol. The molecule has 1 rings (SSSR count). The summed E-state index contributed by atoms with van der Waals surface area (Å²) >= 11 is 1.57. The van der Waals surface area contributed by atoms with Crippen molar-refractivity contribution in [3.63, 3.8) is 0 Å². The van der Waals surface area contributed by atoms with Gasteiger partial charge in [-0.25, -0.2) is 9.59 Å². The molecule has 22 heavy (non-hydrogen) atoms. The highest BCUT2D eigenvalue weighted by Gasteiger charge is 2.02. The molecule has 1 heterocycles. The Morgan fingerprint density at radius 3 is 2.73 bits per heavy atom. The summed E-state index contributed by atoms with van der Waals surface area (Å²) in [5.74, 6) is 0.578. The van der Waals surface area contributed by atoms with E-state index in [9.17, 15) is 9.59 Å². The van der Waals surface area contributed by atoms with Crippen LogP contribution in [0.25, 0.3) is 0 Å². The number of rotatable bonds is 10. The van der Waals surface area contributed by atoms with Gasteiger partial charge in [0.1, 0.15) is 5.03 Å². The Balaban J connectivity index is 2.18. The summed E-state index contributed by atoms with van der Waals surface area (Å²) in [5, 5.41) is 0.781. The lowest BCUT2D eigenvalue weighted by Crippen LogP contribution is -2.22. The van der Waals surface area contributed by atoms with Gasteiger partial charge in [0.15, 0.2) is 0 Å². The predicted octanol–water partition coefficient (Wildman–Crippen LogP) is 3.04. The maximum Gasteiger partial charge on any atom is 0.348 e. The zero-order valence-electron chi connectivity index (χ0n) is 13.3. The van der Waals surface area contributed by atoms with Crippen molar-refractivity contribution in [3.8, 4) is 0 Å². The highest BCUT2D eigenvalue weighted by atomic mass is 32.2. The molecule has 0 amide bonds. The van der Waals surface area contributed by atoms with Crippen LogP contribution >= 0.6 is 11.8 Å². The minimum atomic E-state index is -0.331. The molecular weight excluding hydrogens is 300 g/mol. The molecule has 0 aromatic carbocycles. The number of ether oxygens (including phenoxy) is 1. The van der Waals surface area contributed by atoms with E-state index in [-0.39, 0.29) is 11.7 Å². The van der Waals surface area contributed by atoms with E-state index in [1.807, 2.05) is 19.2 Å². The fraction of sp³-hybridized carbons (Fsp3) is 0.562. The minimum Gasteiger partial charge on any atom is -0.462 e. The first-order valence-corrected chi connectivity index (χ1v) is 8.56. The average molecular weight is 324 g/mol. The van der Waals surface area contributed by atoms with Crippen molar-refractivity contribution >= 4 is 17.7 Å². The Bertz CT molecular complexity index is 555. The summed E-state index contributed by atoms with van der Waals surface area (Å²) < 4.78 is 6.66. The van der Waals surface area contributed by atoms with Gasteiger partial charge in [0.25, 0.3) is 0 Å². The summed E-state index contributed by atoms with van der Waals surface area (Å²) in [7, 11) is 0. The summed E-state index contributed by atoms with van der Waals surface area (Å²) in [6, 6.07) is 1.88. The molecule has 1 aromatic heterocycles. The number of unbranched alkanes of at least 4 members (excludes halogenated alkanes) is 3. The number of aryl methyl sites for hydroxylation is 1. The Hall–Kier alpha value is -1.56. The zero-order chi connectivity index (χ0) is 16.4. The standard InChI is InChI=1S/C16H24N2O3S/c1-4-22-14-9-11-18(16(20)17-14)10-7-5-6-8-12-21-15(19)13(2)3/h9,11H,2,4-8,10,12H2,1,3H3. The molecule has 0 radical (unpaired) electrons. The average Bonchev–Trinajstić information content (AvgIpc) is 2.48. The van der Waals surface area contributed by atoms with Crippen LogP contribution in [-0.4, -0.2) is 27.9 Å². The quantitative estimate of drug-likeness (QED) is 0.218. The van der Waals surface area contributed by atoms with Crippen molar-refractivity contribution in [2.24, 2.45) is 0 Å². The third-order valence-corrected chi connectivity index (χ3v) is 3.83. The van der Waals surface area contributed by atoms with Crippen molar-refractivity contribution in [1.29, 1.82) is 0 Å². The van der Waals surface area contributed by atoms with Crippen LogP contribution in [0.15, 0.2) is 34.2 Å². The van der Waals surface area contributed by atoms with E-state index in [1.54, 1.807) is 23.3 Å². The summed E-state index contributed by atoms with van der Waals surface area (Å²) in [6.07, 6.45) is 5.51. The van der Waals surface area contributed by atoms with Crippen molar-refractivity contribution in [3.05, 3.63) is 34.9 Å². The van der Waals surface area contributed by atoms with Crippen molar-refractivity contribution < 1.29 is 9.53 Å². The van der Waals surface area contributed by atoms with Gasteiger partial charge in [0.2, 0.25) is 0 Å². The van der Waals surface area contributed by atoms with Crippen LogP contribution in [0, 0.1) is 0 Å². The van der Waals surface area contributed by atoms with Crippen LogP contribution in [0.3, 0.4) is 0 Å². The Kier molecular flexibility index (Phi) is 8.58. The molecule has 0 N–H and O–H groups in total. The first-order valence-electron chi connectivity index (χ1n) is 7.57. The van der Waals surface area contributed by atoms with Crippen LogP contribution in [-0.2, 0) is 16.1 Å². The second-order valence-electron chi connectivity index (χ2n) is 5.01. The number of aromatic nitrogens is 2. The number of nitrogens with zero attached hydrogens (tertiary/aromatic N) is 2. The third kappa shape index (κ3) is 6.93. The van der Waals surface area contributed by atoms with Crippen molar-refractivity contribution in [2.45, 2.75) is 51.1 Å². The molecule has 0 bridgehead atoms. The normalized spacial score (nSPS) is 10.5. The van der Waals surface area contributed by atoms with Gasteiger partial charge in [0, 0.05) is 18.3 Å². The largest absolute Gasteiger partial charge is 0.462 e. The van der Waals surface area contributed by atoms with Crippen molar-refractivity contribution in [1.82, 2.24) is 9.55 Å². The van der Waals surface area contributed by atoms with Crippen LogP contribution in [0.5, 0.6) is 0 Å². The highest BCUT2D eigenvalue weighted by molar-refractivity contribution is 7.99. The molecule has 6 heteroatoms. The summed E-state index contributed by atoms with van der Waals surface area (Å²) in [4.78, 5) is 27.0. The number of thioether (sulfide) groups is 1. The summed E-state index contributed by atoms with van der Waals surface area (Å²) in [6.45, 7) is 8.30. The van der Waals surface area contributed by atoms with E-state index >= 15 is 0 Å². The molecule has 5 nitrogen and oxygen atoms in total. The number of carbonyl (C=O) groups is 1. The van der Waals surface area contributed by atoms with E-state index in [2.05, 4.69) is 11.6 Å². The highest BCUT2D eigenvalue weighted by Crippen LogP contribution is 2.11. The third-order valence-electron chi connectivity index (χ3n) is 3.02. The molecule has 0 atom stereocenters. The van der Waals surface area contributed by atoms with E-state index in [1.165, 1.54) is 0 Å². The second kappa shape index (κ2) is 10.2. The number of carbonyl (C=O) groups excluding carboxylic acids is 1. The van der Waals surface area contributed by atoms with Crippen LogP contribution in [0.2, 0.25) is 0 Å². The topological polar surface area (TPSA) is 61.2 Å².